The van der Waals surface area contributed by atoms with Gasteiger partial charge in [-0.15, -0.1) is 11.3 Å². The van der Waals surface area contributed by atoms with Crippen LogP contribution >= 0.6 is 11.3 Å². The van der Waals surface area contributed by atoms with Gasteiger partial charge in [-0.2, -0.15) is 13.2 Å². The highest BCUT2D eigenvalue weighted by Crippen LogP contribution is 2.44. The molecule has 0 aliphatic heterocycles. The number of fused-ring (bicyclic) bond motifs is 1. The van der Waals surface area contributed by atoms with Gasteiger partial charge in [-0.3, -0.25) is 9.59 Å². The molecule has 3 aromatic rings. The fraction of sp³-hybridized carbons (Fsp3) is 0.375. The first-order valence-electron chi connectivity index (χ1n) is 10.5. The number of benzene rings is 2. The predicted molar refractivity (Wildman–Crippen MR) is 122 cm³/mol. The number of carbonyl (C=O) groups excluding carboxylic acids is 2. The molecule has 2 aromatic carbocycles. The fourth-order valence-electron chi connectivity index (χ4n) is 3.29. The van der Waals surface area contributed by atoms with Crippen LogP contribution in [0.5, 0.6) is 0 Å². The fourth-order valence-corrected chi connectivity index (χ4v) is 4.37. The molecule has 0 spiro atoms. The lowest BCUT2D eigenvalue weighted by Crippen LogP contribution is -2.47. The normalized spacial score (nSPS) is 14.0. The van der Waals surface area contributed by atoms with Crippen molar-refractivity contribution in [2.24, 2.45) is 0 Å². The van der Waals surface area contributed by atoms with Crippen molar-refractivity contribution >= 4 is 33.4 Å². The maximum absolute atomic E-state index is 13.8. The smallest absolute Gasteiger partial charge is 0.424 e. The molecule has 0 fully saturated rings. The standard InChI is InChI=1S/C24H25F3N2O4S/c1-22(2,3)29(14-16-9-5-4-6-10-16)19(30)15-33-20(31)13-23(32,24(25,26)27)21-28-17-11-7-8-12-18(17)34-21/h4-12,32H,13-15H2,1-3H3. The average molecular weight is 495 g/mol. The van der Waals surface area contributed by atoms with Gasteiger partial charge < -0.3 is 14.7 Å². The van der Waals surface area contributed by atoms with Crippen LogP contribution < -0.4 is 0 Å². The van der Waals surface area contributed by atoms with Crippen LogP contribution in [0.3, 0.4) is 0 Å². The average Bonchev–Trinajstić information content (AvgIpc) is 3.20. The third-order valence-electron chi connectivity index (χ3n) is 5.17. The SMILES string of the molecule is CC(C)(C)N(Cc1ccccc1)C(=O)COC(=O)CC(O)(c1nc2ccccc2s1)C(F)(F)F. The Balaban J connectivity index is 1.73. The Labute approximate surface area is 199 Å². The van der Waals surface area contributed by atoms with E-state index in [4.69, 9.17) is 4.74 Å². The van der Waals surface area contributed by atoms with Gasteiger partial charge in [0.2, 0.25) is 5.60 Å². The molecular formula is C24H25F3N2O4S. The Morgan fingerprint density at radius 2 is 1.65 bits per heavy atom. The predicted octanol–water partition coefficient (Wildman–Crippen LogP) is 4.81. The molecule has 1 atom stereocenters. The topological polar surface area (TPSA) is 79.7 Å². The number of para-hydroxylation sites is 1. The van der Waals surface area contributed by atoms with Crippen molar-refractivity contribution in [3.63, 3.8) is 0 Å². The quantitative estimate of drug-likeness (QED) is 0.477. The van der Waals surface area contributed by atoms with Crippen molar-refractivity contribution < 1.29 is 32.6 Å². The largest absolute Gasteiger partial charge is 0.455 e. The number of esters is 1. The Hall–Kier alpha value is -2.98. The summed E-state index contributed by atoms with van der Waals surface area (Å²) in [7, 11) is 0. The molecule has 1 heterocycles. The molecule has 1 aromatic heterocycles. The zero-order valence-electron chi connectivity index (χ0n) is 18.9. The lowest BCUT2D eigenvalue weighted by Gasteiger charge is -2.36. The third-order valence-corrected chi connectivity index (χ3v) is 6.36. The number of hydrogen-bond acceptors (Lipinski definition) is 6. The van der Waals surface area contributed by atoms with Gasteiger partial charge in [0.1, 0.15) is 5.01 Å². The highest BCUT2D eigenvalue weighted by molar-refractivity contribution is 7.18. The number of carbonyl (C=O) groups is 2. The molecule has 0 bridgehead atoms. The van der Waals surface area contributed by atoms with Gasteiger partial charge >= 0.3 is 12.1 Å². The summed E-state index contributed by atoms with van der Waals surface area (Å²) in [4.78, 5) is 30.5. The summed E-state index contributed by atoms with van der Waals surface area (Å²) in [6.45, 7) is 4.87. The summed E-state index contributed by atoms with van der Waals surface area (Å²) in [6.07, 6.45) is -6.60. The van der Waals surface area contributed by atoms with E-state index < -0.39 is 47.2 Å². The number of nitrogens with zero attached hydrogens (tertiary/aromatic N) is 2. The van der Waals surface area contributed by atoms with Gasteiger partial charge in [0.05, 0.1) is 16.6 Å². The summed E-state index contributed by atoms with van der Waals surface area (Å²) in [5.74, 6) is -1.93. The van der Waals surface area contributed by atoms with Crippen molar-refractivity contribution in [1.29, 1.82) is 0 Å². The molecule has 182 valence electrons. The van der Waals surface area contributed by atoms with Gasteiger partial charge in [0.15, 0.2) is 6.61 Å². The number of amides is 1. The van der Waals surface area contributed by atoms with Gasteiger partial charge in [0, 0.05) is 12.1 Å². The van der Waals surface area contributed by atoms with Crippen LogP contribution in [0.4, 0.5) is 13.2 Å². The third kappa shape index (κ3) is 5.74. The lowest BCUT2D eigenvalue weighted by atomic mass is 10.00. The van der Waals surface area contributed by atoms with Crippen LogP contribution in [0.15, 0.2) is 54.6 Å². The summed E-state index contributed by atoms with van der Waals surface area (Å²) in [5.41, 5.74) is -3.05. The minimum absolute atomic E-state index is 0.235. The second-order valence-electron chi connectivity index (χ2n) is 8.82. The number of halogens is 3. The van der Waals surface area contributed by atoms with E-state index in [-0.39, 0.29) is 12.1 Å². The zero-order valence-corrected chi connectivity index (χ0v) is 19.7. The molecule has 3 rings (SSSR count). The Bertz CT molecular complexity index is 1130. The molecule has 1 N–H and O–H groups in total. The summed E-state index contributed by atoms with van der Waals surface area (Å²) in [5, 5.41) is 9.85. The molecule has 0 saturated carbocycles. The minimum atomic E-state index is -5.19. The molecule has 0 aliphatic carbocycles. The van der Waals surface area contributed by atoms with Crippen LogP contribution in [0.2, 0.25) is 0 Å². The molecule has 6 nitrogen and oxygen atoms in total. The first-order chi connectivity index (χ1) is 15.8. The van der Waals surface area contributed by atoms with E-state index in [1.807, 2.05) is 30.3 Å². The summed E-state index contributed by atoms with van der Waals surface area (Å²) in [6, 6.07) is 15.5. The maximum atomic E-state index is 13.8. The number of alkyl halides is 3. The molecule has 1 unspecified atom stereocenters. The van der Waals surface area contributed by atoms with E-state index in [1.165, 1.54) is 11.0 Å². The van der Waals surface area contributed by atoms with Gasteiger partial charge in [-0.05, 0) is 38.5 Å². The van der Waals surface area contributed by atoms with E-state index in [2.05, 4.69) is 4.98 Å². The first kappa shape index (κ1) is 25.6. The Morgan fingerprint density at radius 3 is 2.24 bits per heavy atom. The molecule has 0 radical (unpaired) electrons. The first-order valence-corrected chi connectivity index (χ1v) is 11.3. The zero-order chi connectivity index (χ0) is 25.1. The monoisotopic (exact) mass is 494 g/mol. The molecule has 0 aliphatic rings. The molecule has 10 heteroatoms. The van der Waals surface area contributed by atoms with Crippen molar-refractivity contribution in [2.75, 3.05) is 6.61 Å². The Kier molecular flexibility index (Phi) is 7.32. The molecular weight excluding hydrogens is 469 g/mol. The van der Waals surface area contributed by atoms with Crippen LogP contribution in [0.25, 0.3) is 10.2 Å². The van der Waals surface area contributed by atoms with Gasteiger partial charge in [-0.25, -0.2) is 4.98 Å². The number of hydrogen-bond donors (Lipinski definition) is 1. The summed E-state index contributed by atoms with van der Waals surface area (Å²) < 4.78 is 46.8. The van der Waals surface area contributed by atoms with E-state index in [0.29, 0.717) is 16.0 Å². The number of aromatic nitrogens is 1. The molecule has 0 saturated heterocycles. The van der Waals surface area contributed by atoms with Crippen LogP contribution in [-0.4, -0.2) is 45.2 Å². The number of thiazole rings is 1. The highest BCUT2D eigenvalue weighted by Gasteiger charge is 2.58. The Morgan fingerprint density at radius 1 is 1.03 bits per heavy atom. The number of ether oxygens (including phenoxy) is 1. The van der Waals surface area contributed by atoms with Crippen LogP contribution in [0.1, 0.15) is 37.8 Å². The van der Waals surface area contributed by atoms with E-state index in [1.54, 1.807) is 39.0 Å². The van der Waals surface area contributed by atoms with Crippen molar-refractivity contribution in [3.8, 4) is 0 Å². The number of rotatable bonds is 7. The second kappa shape index (κ2) is 9.71. The lowest BCUT2D eigenvalue weighted by molar-refractivity contribution is -0.269. The molecule has 34 heavy (non-hydrogen) atoms. The van der Waals surface area contributed by atoms with E-state index in [0.717, 1.165) is 5.56 Å². The maximum Gasteiger partial charge on any atom is 0.424 e. The van der Waals surface area contributed by atoms with Crippen molar-refractivity contribution in [1.82, 2.24) is 9.88 Å². The van der Waals surface area contributed by atoms with Crippen molar-refractivity contribution in [3.05, 3.63) is 65.2 Å². The molecule has 1 amide bonds. The van der Waals surface area contributed by atoms with Crippen LogP contribution in [-0.2, 0) is 26.5 Å². The van der Waals surface area contributed by atoms with Crippen LogP contribution in [0, 0.1) is 0 Å². The minimum Gasteiger partial charge on any atom is -0.455 e. The van der Waals surface area contributed by atoms with E-state index in [9.17, 15) is 27.9 Å². The van der Waals surface area contributed by atoms with E-state index >= 15 is 0 Å². The summed E-state index contributed by atoms with van der Waals surface area (Å²) >= 11 is 0.643. The number of aliphatic hydroxyl groups is 1. The highest BCUT2D eigenvalue weighted by atomic mass is 32.1. The van der Waals surface area contributed by atoms with Gasteiger partial charge in [0.25, 0.3) is 5.91 Å². The van der Waals surface area contributed by atoms with Crippen molar-refractivity contribution in [2.45, 2.75) is 51.1 Å². The van der Waals surface area contributed by atoms with Gasteiger partial charge in [-0.1, -0.05) is 42.5 Å². The second-order valence-corrected chi connectivity index (χ2v) is 9.85.